The highest BCUT2D eigenvalue weighted by atomic mass is 16.5. The second-order valence-corrected chi connectivity index (χ2v) is 11.7. The number of anilines is 3. The summed E-state index contributed by atoms with van der Waals surface area (Å²) in [5.74, 6) is 0. The van der Waals surface area contributed by atoms with Crippen LogP contribution in [0, 0.1) is 6.92 Å². The molecule has 0 saturated heterocycles. The van der Waals surface area contributed by atoms with Crippen LogP contribution in [0.2, 0.25) is 0 Å². The number of nitrogens with zero attached hydrogens (tertiary/aromatic N) is 1. The third-order valence-electron chi connectivity index (χ3n) is 7.99. The van der Waals surface area contributed by atoms with Gasteiger partial charge in [-0.15, -0.1) is 0 Å². The summed E-state index contributed by atoms with van der Waals surface area (Å²) in [6, 6.07) is 42.0. The summed E-state index contributed by atoms with van der Waals surface area (Å²) in [5, 5.41) is 27.2. The lowest BCUT2D eigenvalue weighted by molar-refractivity contribution is 0.0815. The molecule has 7 nitrogen and oxygen atoms in total. The van der Waals surface area contributed by atoms with Crippen LogP contribution in [0.3, 0.4) is 0 Å². The molecular weight excluding hydrogens is 614 g/mol. The molecule has 0 fully saturated rings. The molecule has 0 bridgehead atoms. The largest absolute Gasteiger partial charge is 0.394 e. The summed E-state index contributed by atoms with van der Waals surface area (Å²) in [4.78, 5) is 2.21. The maximum absolute atomic E-state index is 9.07. The van der Waals surface area contributed by atoms with Gasteiger partial charge in [-0.25, -0.2) is 0 Å². The fourth-order valence-corrected chi connectivity index (χ4v) is 5.43. The average Bonchev–Trinajstić information content (AvgIpc) is 3.14. The zero-order chi connectivity index (χ0) is 34.3. The van der Waals surface area contributed by atoms with Crippen molar-refractivity contribution in [3.05, 3.63) is 160 Å². The van der Waals surface area contributed by atoms with Gasteiger partial charge in [0.05, 0.1) is 59.5 Å². The number of aliphatic hydroxyl groups excluding tert-OH is 3. The molecule has 0 heterocycles. The third kappa shape index (κ3) is 10.4. The normalized spacial score (nSPS) is 11.6. The van der Waals surface area contributed by atoms with E-state index in [1.54, 1.807) is 0 Å². The van der Waals surface area contributed by atoms with E-state index in [-0.39, 0.29) is 19.8 Å². The topological polar surface area (TPSA) is 91.6 Å². The van der Waals surface area contributed by atoms with Gasteiger partial charge in [0.25, 0.3) is 0 Å². The highest BCUT2D eigenvalue weighted by molar-refractivity contribution is 5.92. The first-order valence-corrected chi connectivity index (χ1v) is 16.6. The van der Waals surface area contributed by atoms with Crippen LogP contribution in [-0.2, 0) is 34.0 Å². The van der Waals surface area contributed by atoms with Gasteiger partial charge in [-0.2, -0.15) is 0 Å². The summed E-state index contributed by atoms with van der Waals surface area (Å²) >= 11 is 0. The molecule has 0 aromatic heterocycles. The van der Waals surface area contributed by atoms with Crippen molar-refractivity contribution >= 4 is 28.7 Å². The standard InChI is InChI=1S/C42H45NO6/c1-32-2-12-37(13-3-32)42(38-14-4-34(5-15-38)29-47-25-22-44)28-33-6-16-39(17-7-33)43(40-18-8-35(9-19-40)30-48-26-23-45)41-20-10-36(11-21-41)31-49-27-24-46/h2-21,28,44-46H,22-27,29-31H2,1H3/b42-28+. The fraction of sp³-hybridized carbons (Fsp3) is 0.238. The highest BCUT2D eigenvalue weighted by Gasteiger charge is 2.14. The van der Waals surface area contributed by atoms with Crippen LogP contribution in [0.5, 0.6) is 0 Å². The van der Waals surface area contributed by atoms with Gasteiger partial charge in [0.1, 0.15) is 0 Å². The third-order valence-corrected chi connectivity index (χ3v) is 7.99. The van der Waals surface area contributed by atoms with Crippen LogP contribution < -0.4 is 4.90 Å². The number of aryl methyl sites for hydroxylation is 1. The molecule has 0 spiro atoms. The van der Waals surface area contributed by atoms with Crippen LogP contribution in [-0.4, -0.2) is 55.0 Å². The molecular formula is C42H45NO6. The molecule has 0 atom stereocenters. The Hall–Kier alpha value is -4.60. The second kappa shape index (κ2) is 18.8. The molecule has 5 aromatic carbocycles. The Morgan fingerprint density at radius 2 is 0.837 bits per heavy atom. The van der Waals surface area contributed by atoms with E-state index < -0.39 is 0 Å². The molecule has 0 aliphatic rings. The molecule has 0 unspecified atom stereocenters. The van der Waals surface area contributed by atoms with Crippen LogP contribution in [0.15, 0.2) is 121 Å². The first-order chi connectivity index (χ1) is 24.1. The van der Waals surface area contributed by atoms with Gasteiger partial charge in [0.2, 0.25) is 0 Å². The van der Waals surface area contributed by atoms with E-state index in [2.05, 4.69) is 115 Å². The quantitative estimate of drug-likeness (QED) is 0.0660. The first kappa shape index (κ1) is 35.7. The van der Waals surface area contributed by atoms with E-state index in [1.807, 2.05) is 24.3 Å². The number of benzene rings is 5. The summed E-state index contributed by atoms with van der Waals surface area (Å²) in [6.07, 6.45) is 2.22. The van der Waals surface area contributed by atoms with Crippen molar-refractivity contribution in [1.29, 1.82) is 0 Å². The minimum Gasteiger partial charge on any atom is -0.394 e. The van der Waals surface area contributed by atoms with Crippen molar-refractivity contribution in [3.63, 3.8) is 0 Å². The van der Waals surface area contributed by atoms with E-state index in [0.29, 0.717) is 39.6 Å². The van der Waals surface area contributed by atoms with Crippen molar-refractivity contribution in [2.75, 3.05) is 44.5 Å². The Balaban J connectivity index is 1.46. The Kier molecular flexibility index (Phi) is 13.7. The van der Waals surface area contributed by atoms with E-state index in [9.17, 15) is 0 Å². The SMILES string of the molecule is Cc1ccc(/C(=C\c2ccc(N(c3ccc(COCCO)cc3)c3ccc(COCCO)cc3)cc2)c2ccc(COCCO)cc2)cc1. The molecule has 0 aliphatic carbocycles. The van der Waals surface area contributed by atoms with Crippen molar-refractivity contribution in [1.82, 2.24) is 0 Å². The summed E-state index contributed by atoms with van der Waals surface area (Å²) in [6.45, 7) is 4.37. The summed E-state index contributed by atoms with van der Waals surface area (Å²) in [5.41, 5.74) is 11.8. The van der Waals surface area contributed by atoms with Crippen molar-refractivity contribution < 1.29 is 29.5 Å². The highest BCUT2D eigenvalue weighted by Crippen LogP contribution is 2.36. The summed E-state index contributed by atoms with van der Waals surface area (Å²) < 4.78 is 16.6. The fourth-order valence-electron chi connectivity index (χ4n) is 5.43. The zero-order valence-corrected chi connectivity index (χ0v) is 28.0. The molecule has 254 valence electrons. The first-order valence-electron chi connectivity index (χ1n) is 16.6. The Morgan fingerprint density at radius 3 is 1.22 bits per heavy atom. The molecule has 5 rings (SSSR count). The Morgan fingerprint density at radius 1 is 0.490 bits per heavy atom. The van der Waals surface area contributed by atoms with Crippen molar-refractivity contribution in [3.8, 4) is 0 Å². The smallest absolute Gasteiger partial charge is 0.0718 e. The maximum atomic E-state index is 9.07. The Labute approximate surface area is 289 Å². The molecule has 3 N–H and O–H groups in total. The number of hydrogen-bond donors (Lipinski definition) is 3. The van der Waals surface area contributed by atoms with Crippen molar-refractivity contribution in [2.45, 2.75) is 26.7 Å². The molecule has 49 heavy (non-hydrogen) atoms. The molecule has 0 amide bonds. The monoisotopic (exact) mass is 659 g/mol. The molecule has 0 aliphatic heterocycles. The van der Waals surface area contributed by atoms with E-state index in [0.717, 1.165) is 56.0 Å². The van der Waals surface area contributed by atoms with E-state index in [4.69, 9.17) is 29.5 Å². The average molecular weight is 660 g/mol. The minimum absolute atomic E-state index is 0.00156. The summed E-state index contributed by atoms with van der Waals surface area (Å²) in [7, 11) is 0. The number of ether oxygens (including phenoxy) is 3. The van der Waals surface area contributed by atoms with E-state index >= 15 is 0 Å². The predicted molar refractivity (Wildman–Crippen MR) is 196 cm³/mol. The lowest BCUT2D eigenvalue weighted by Gasteiger charge is -2.26. The van der Waals surface area contributed by atoms with Gasteiger partial charge >= 0.3 is 0 Å². The lowest BCUT2D eigenvalue weighted by atomic mass is 9.94. The van der Waals surface area contributed by atoms with Crippen LogP contribution >= 0.6 is 0 Å². The maximum Gasteiger partial charge on any atom is 0.0718 e. The van der Waals surface area contributed by atoms with Gasteiger partial charge in [-0.3, -0.25) is 0 Å². The number of hydrogen-bond acceptors (Lipinski definition) is 7. The molecule has 5 aromatic rings. The van der Waals surface area contributed by atoms with E-state index in [1.165, 1.54) is 5.56 Å². The van der Waals surface area contributed by atoms with Crippen molar-refractivity contribution in [2.24, 2.45) is 0 Å². The predicted octanol–water partition coefficient (Wildman–Crippen LogP) is 7.58. The number of aliphatic hydroxyl groups is 3. The lowest BCUT2D eigenvalue weighted by Crippen LogP contribution is -2.10. The minimum atomic E-state index is -0.00156. The van der Waals surface area contributed by atoms with Gasteiger partial charge in [-0.1, -0.05) is 90.5 Å². The molecule has 7 heteroatoms. The Bertz CT molecular complexity index is 1660. The molecule has 0 radical (unpaired) electrons. The van der Waals surface area contributed by atoms with Gasteiger partial charge in [0, 0.05) is 17.1 Å². The van der Waals surface area contributed by atoms with Crippen LogP contribution in [0.25, 0.3) is 11.6 Å². The van der Waals surface area contributed by atoms with Gasteiger partial charge in [-0.05, 0) is 88.4 Å². The van der Waals surface area contributed by atoms with Crippen LogP contribution in [0.1, 0.15) is 38.9 Å². The molecule has 0 saturated carbocycles. The van der Waals surface area contributed by atoms with Crippen LogP contribution in [0.4, 0.5) is 17.1 Å². The van der Waals surface area contributed by atoms with Gasteiger partial charge in [0.15, 0.2) is 0 Å². The number of rotatable bonds is 18. The zero-order valence-electron chi connectivity index (χ0n) is 28.0. The van der Waals surface area contributed by atoms with Gasteiger partial charge < -0.3 is 34.4 Å². The second-order valence-electron chi connectivity index (χ2n) is 11.7.